The summed E-state index contributed by atoms with van der Waals surface area (Å²) in [4.78, 5) is 0. The zero-order valence-corrected chi connectivity index (χ0v) is 11.7. The standard InChI is InChI=1S/C16H24O3/c1-3-5-6-14-7-9-16(10-8-14)19-13-15(17)12-18-11-4-2/h4,7-10,15,17H,2-3,5-6,11-13H2,1H3. The van der Waals surface area contributed by atoms with Gasteiger partial charge in [0, 0.05) is 0 Å². The van der Waals surface area contributed by atoms with Gasteiger partial charge in [0.25, 0.3) is 0 Å². The molecule has 0 aliphatic carbocycles. The van der Waals surface area contributed by atoms with Crippen molar-refractivity contribution in [2.75, 3.05) is 19.8 Å². The molecule has 1 atom stereocenters. The van der Waals surface area contributed by atoms with Crippen LogP contribution in [0.1, 0.15) is 25.3 Å². The highest BCUT2D eigenvalue weighted by molar-refractivity contribution is 5.27. The maximum Gasteiger partial charge on any atom is 0.119 e. The number of rotatable bonds is 10. The average molecular weight is 264 g/mol. The summed E-state index contributed by atoms with van der Waals surface area (Å²) in [5, 5.41) is 9.62. The van der Waals surface area contributed by atoms with E-state index < -0.39 is 6.10 Å². The molecule has 19 heavy (non-hydrogen) atoms. The first-order chi connectivity index (χ1) is 9.26. The molecule has 3 heteroatoms. The van der Waals surface area contributed by atoms with Crippen molar-refractivity contribution < 1.29 is 14.6 Å². The van der Waals surface area contributed by atoms with E-state index in [1.165, 1.54) is 18.4 Å². The van der Waals surface area contributed by atoms with Gasteiger partial charge in [-0.25, -0.2) is 0 Å². The van der Waals surface area contributed by atoms with Crippen molar-refractivity contribution >= 4 is 0 Å². The van der Waals surface area contributed by atoms with Crippen LogP contribution in [0.2, 0.25) is 0 Å². The third-order valence-corrected chi connectivity index (χ3v) is 2.73. The molecule has 0 aliphatic rings. The van der Waals surface area contributed by atoms with Crippen molar-refractivity contribution in [3.8, 4) is 5.75 Å². The van der Waals surface area contributed by atoms with E-state index in [9.17, 15) is 5.11 Å². The molecule has 0 aliphatic heterocycles. The lowest BCUT2D eigenvalue weighted by Gasteiger charge is -2.12. The van der Waals surface area contributed by atoms with E-state index >= 15 is 0 Å². The lowest BCUT2D eigenvalue weighted by Crippen LogP contribution is -2.23. The lowest BCUT2D eigenvalue weighted by molar-refractivity contribution is 0.0214. The third kappa shape index (κ3) is 6.99. The van der Waals surface area contributed by atoms with Crippen LogP contribution in [-0.2, 0) is 11.2 Å². The van der Waals surface area contributed by atoms with Crippen LogP contribution in [0.5, 0.6) is 5.75 Å². The van der Waals surface area contributed by atoms with Gasteiger partial charge >= 0.3 is 0 Å². The minimum Gasteiger partial charge on any atom is -0.491 e. The molecule has 0 heterocycles. The fraction of sp³-hybridized carbons (Fsp3) is 0.500. The maximum absolute atomic E-state index is 9.62. The van der Waals surface area contributed by atoms with Gasteiger partial charge in [0.1, 0.15) is 18.5 Å². The normalized spacial score (nSPS) is 12.1. The van der Waals surface area contributed by atoms with E-state index in [0.717, 1.165) is 12.2 Å². The Balaban J connectivity index is 2.26. The number of benzene rings is 1. The van der Waals surface area contributed by atoms with E-state index in [-0.39, 0.29) is 13.2 Å². The summed E-state index contributed by atoms with van der Waals surface area (Å²) in [6.45, 7) is 6.68. The molecule has 0 bridgehead atoms. The first-order valence-electron chi connectivity index (χ1n) is 6.84. The highest BCUT2D eigenvalue weighted by Crippen LogP contribution is 2.14. The zero-order valence-electron chi connectivity index (χ0n) is 11.7. The van der Waals surface area contributed by atoms with Gasteiger partial charge in [-0.3, -0.25) is 0 Å². The number of hydrogen-bond acceptors (Lipinski definition) is 3. The molecule has 0 radical (unpaired) electrons. The second-order valence-corrected chi connectivity index (χ2v) is 4.54. The molecule has 0 aromatic heterocycles. The number of aryl methyl sites for hydroxylation is 1. The highest BCUT2D eigenvalue weighted by atomic mass is 16.5. The number of ether oxygens (including phenoxy) is 2. The highest BCUT2D eigenvalue weighted by Gasteiger charge is 2.05. The fourth-order valence-electron chi connectivity index (χ4n) is 1.66. The van der Waals surface area contributed by atoms with Crippen molar-refractivity contribution in [3.63, 3.8) is 0 Å². The van der Waals surface area contributed by atoms with Gasteiger partial charge in [-0.05, 0) is 30.5 Å². The van der Waals surface area contributed by atoms with Gasteiger partial charge in [0.15, 0.2) is 0 Å². The Hall–Kier alpha value is -1.32. The molecule has 1 aromatic rings. The van der Waals surface area contributed by atoms with E-state index in [0.29, 0.717) is 6.61 Å². The van der Waals surface area contributed by atoms with Crippen LogP contribution < -0.4 is 4.74 Å². The average Bonchev–Trinajstić information content (AvgIpc) is 2.44. The van der Waals surface area contributed by atoms with E-state index in [1.807, 2.05) is 12.1 Å². The number of unbranched alkanes of at least 4 members (excludes halogenated alkanes) is 1. The van der Waals surface area contributed by atoms with Gasteiger partial charge in [-0.1, -0.05) is 31.6 Å². The molecule has 1 N–H and O–H groups in total. The Bertz CT molecular complexity index is 346. The van der Waals surface area contributed by atoms with Gasteiger partial charge in [0.2, 0.25) is 0 Å². The van der Waals surface area contributed by atoms with E-state index in [2.05, 4.69) is 25.6 Å². The summed E-state index contributed by atoms with van der Waals surface area (Å²) in [5.74, 6) is 0.781. The Morgan fingerprint density at radius 3 is 2.63 bits per heavy atom. The van der Waals surface area contributed by atoms with Gasteiger partial charge in [0.05, 0.1) is 13.2 Å². The van der Waals surface area contributed by atoms with Crippen molar-refractivity contribution in [3.05, 3.63) is 42.5 Å². The molecule has 3 nitrogen and oxygen atoms in total. The summed E-state index contributed by atoms with van der Waals surface area (Å²) in [5.41, 5.74) is 1.32. The number of aliphatic hydroxyl groups is 1. The second kappa shape index (κ2) is 9.59. The fourth-order valence-corrected chi connectivity index (χ4v) is 1.66. The van der Waals surface area contributed by atoms with Crippen molar-refractivity contribution in [2.45, 2.75) is 32.3 Å². The molecular formula is C16H24O3. The Morgan fingerprint density at radius 2 is 2.00 bits per heavy atom. The Kier molecular flexibility index (Phi) is 7.94. The first kappa shape index (κ1) is 15.7. The van der Waals surface area contributed by atoms with Crippen LogP contribution in [0, 0.1) is 0 Å². The van der Waals surface area contributed by atoms with Crippen LogP contribution >= 0.6 is 0 Å². The molecule has 1 rings (SSSR count). The van der Waals surface area contributed by atoms with Crippen LogP contribution in [0.25, 0.3) is 0 Å². The SMILES string of the molecule is C=CCOCC(O)COc1ccc(CCCC)cc1. The Labute approximate surface area is 115 Å². The van der Waals surface area contributed by atoms with Crippen molar-refractivity contribution in [2.24, 2.45) is 0 Å². The minimum atomic E-state index is -0.611. The predicted molar refractivity (Wildman–Crippen MR) is 77.6 cm³/mol. The van der Waals surface area contributed by atoms with Gasteiger partial charge < -0.3 is 14.6 Å². The monoisotopic (exact) mass is 264 g/mol. The van der Waals surface area contributed by atoms with E-state index in [4.69, 9.17) is 9.47 Å². The molecule has 0 saturated heterocycles. The predicted octanol–water partition coefficient (Wildman–Crippen LogP) is 2.97. The van der Waals surface area contributed by atoms with Crippen LogP contribution in [-0.4, -0.2) is 31.0 Å². The van der Waals surface area contributed by atoms with E-state index in [1.54, 1.807) is 6.08 Å². The smallest absolute Gasteiger partial charge is 0.119 e. The largest absolute Gasteiger partial charge is 0.491 e. The van der Waals surface area contributed by atoms with Gasteiger partial charge in [-0.2, -0.15) is 0 Å². The van der Waals surface area contributed by atoms with Crippen LogP contribution in [0.3, 0.4) is 0 Å². The quantitative estimate of drug-likeness (QED) is 0.521. The summed E-state index contributed by atoms with van der Waals surface area (Å²) in [6.07, 6.45) is 4.56. The van der Waals surface area contributed by atoms with Crippen LogP contribution in [0.4, 0.5) is 0 Å². The molecule has 0 spiro atoms. The summed E-state index contributed by atoms with van der Waals surface area (Å²) >= 11 is 0. The number of hydrogen-bond donors (Lipinski definition) is 1. The van der Waals surface area contributed by atoms with Crippen molar-refractivity contribution in [1.82, 2.24) is 0 Å². The summed E-state index contributed by atoms with van der Waals surface area (Å²) < 4.78 is 10.7. The van der Waals surface area contributed by atoms with Crippen molar-refractivity contribution in [1.29, 1.82) is 0 Å². The second-order valence-electron chi connectivity index (χ2n) is 4.54. The third-order valence-electron chi connectivity index (χ3n) is 2.73. The summed E-state index contributed by atoms with van der Waals surface area (Å²) in [6, 6.07) is 8.04. The molecule has 1 unspecified atom stereocenters. The zero-order chi connectivity index (χ0) is 13.9. The lowest BCUT2D eigenvalue weighted by atomic mass is 10.1. The maximum atomic E-state index is 9.62. The van der Waals surface area contributed by atoms with Crippen LogP contribution in [0.15, 0.2) is 36.9 Å². The summed E-state index contributed by atoms with van der Waals surface area (Å²) in [7, 11) is 0. The molecule has 0 saturated carbocycles. The molecule has 1 aromatic carbocycles. The van der Waals surface area contributed by atoms with Gasteiger partial charge in [-0.15, -0.1) is 6.58 Å². The molecule has 0 fully saturated rings. The minimum absolute atomic E-state index is 0.242. The first-order valence-corrected chi connectivity index (χ1v) is 6.84. The number of aliphatic hydroxyl groups excluding tert-OH is 1. The topological polar surface area (TPSA) is 38.7 Å². The molecule has 0 amide bonds. The Morgan fingerprint density at radius 1 is 1.26 bits per heavy atom. The molecular weight excluding hydrogens is 240 g/mol. The molecule has 106 valence electrons.